The average molecular weight is 311 g/mol. The van der Waals surface area contributed by atoms with Crippen molar-refractivity contribution in [2.75, 3.05) is 33.3 Å². The van der Waals surface area contributed by atoms with Gasteiger partial charge in [0.1, 0.15) is 0 Å². The topological polar surface area (TPSA) is 67.6 Å². The lowest BCUT2D eigenvalue weighted by molar-refractivity contribution is -0.124. The maximum absolute atomic E-state index is 12.2. The molecule has 1 heterocycles. The zero-order chi connectivity index (χ0) is 15.8. The first-order valence-corrected chi connectivity index (χ1v) is 8.95. The van der Waals surface area contributed by atoms with Crippen molar-refractivity contribution in [2.45, 2.75) is 69.4 Å². The van der Waals surface area contributed by atoms with Gasteiger partial charge in [-0.2, -0.15) is 0 Å². The van der Waals surface area contributed by atoms with E-state index < -0.39 is 0 Å². The molecule has 3 N–H and O–H groups in total. The summed E-state index contributed by atoms with van der Waals surface area (Å²) in [6.07, 6.45) is 10.5. The number of nitrogens with one attached hydrogen (secondary N) is 1. The largest absolute Gasteiger partial charge is 0.380 e. The predicted octanol–water partition coefficient (Wildman–Crippen LogP) is 1.66. The van der Waals surface area contributed by atoms with Crippen LogP contribution in [-0.2, 0) is 9.53 Å². The van der Waals surface area contributed by atoms with Gasteiger partial charge in [0.15, 0.2) is 0 Å². The highest BCUT2D eigenvalue weighted by Crippen LogP contribution is 2.35. The van der Waals surface area contributed by atoms with Crippen molar-refractivity contribution < 1.29 is 9.53 Å². The molecule has 1 atom stereocenters. The molecule has 1 saturated heterocycles. The minimum Gasteiger partial charge on any atom is -0.380 e. The molecule has 0 aromatic carbocycles. The summed E-state index contributed by atoms with van der Waals surface area (Å²) >= 11 is 0. The van der Waals surface area contributed by atoms with Gasteiger partial charge >= 0.3 is 0 Å². The van der Waals surface area contributed by atoms with Gasteiger partial charge in [0.2, 0.25) is 5.91 Å². The van der Waals surface area contributed by atoms with Gasteiger partial charge in [-0.05, 0) is 38.8 Å². The number of piperidine rings is 1. The molecule has 1 amide bonds. The molecule has 2 aliphatic rings. The van der Waals surface area contributed by atoms with Gasteiger partial charge < -0.3 is 15.8 Å². The lowest BCUT2D eigenvalue weighted by Gasteiger charge is -2.48. The van der Waals surface area contributed by atoms with Crippen LogP contribution in [0.25, 0.3) is 0 Å². The molecule has 1 aliphatic heterocycles. The van der Waals surface area contributed by atoms with E-state index >= 15 is 0 Å². The number of carbonyl (C=O) groups is 1. The number of carbonyl (C=O) groups excluding carboxylic acids is 1. The molecule has 0 spiro atoms. The summed E-state index contributed by atoms with van der Waals surface area (Å²) in [7, 11) is 1.61. The van der Waals surface area contributed by atoms with Crippen molar-refractivity contribution in [1.29, 1.82) is 0 Å². The minimum atomic E-state index is -0.169. The van der Waals surface area contributed by atoms with Crippen LogP contribution in [0.3, 0.4) is 0 Å². The number of rotatable bonds is 7. The minimum absolute atomic E-state index is 0.0688. The summed E-state index contributed by atoms with van der Waals surface area (Å²) in [5.41, 5.74) is 5.79. The van der Waals surface area contributed by atoms with Gasteiger partial charge in [-0.15, -0.1) is 0 Å². The number of nitrogens with two attached hydrogens (primary N) is 1. The Bertz CT molecular complexity index is 333. The number of methoxy groups -OCH3 is 1. The maximum Gasteiger partial charge on any atom is 0.222 e. The summed E-state index contributed by atoms with van der Waals surface area (Å²) in [4.78, 5) is 14.8. The molecule has 22 heavy (non-hydrogen) atoms. The molecule has 128 valence electrons. The molecule has 1 unspecified atom stereocenters. The predicted molar refractivity (Wildman–Crippen MR) is 88.7 cm³/mol. The molecule has 1 aliphatic carbocycles. The van der Waals surface area contributed by atoms with E-state index in [0.717, 1.165) is 6.54 Å². The van der Waals surface area contributed by atoms with Crippen LogP contribution < -0.4 is 11.1 Å². The van der Waals surface area contributed by atoms with E-state index in [1.807, 2.05) is 0 Å². The summed E-state index contributed by atoms with van der Waals surface area (Å²) in [5.74, 6) is 0.0688. The highest BCUT2D eigenvalue weighted by molar-refractivity contribution is 5.76. The first-order valence-electron chi connectivity index (χ1n) is 8.95. The van der Waals surface area contributed by atoms with Gasteiger partial charge in [-0.25, -0.2) is 0 Å². The Labute approximate surface area is 134 Å². The standard InChI is InChI=1S/C17H33N3O2/c1-22-15(13-18)12-16(21)19-14-17(8-4-2-5-9-17)20-10-6-3-7-11-20/h15H,2-14,18H2,1H3,(H,19,21). The first-order chi connectivity index (χ1) is 10.7. The smallest absolute Gasteiger partial charge is 0.222 e. The fourth-order valence-corrected chi connectivity index (χ4v) is 3.99. The highest BCUT2D eigenvalue weighted by Gasteiger charge is 2.38. The van der Waals surface area contributed by atoms with Gasteiger partial charge in [-0.1, -0.05) is 25.7 Å². The molecule has 1 saturated carbocycles. The van der Waals surface area contributed by atoms with Crippen LogP contribution in [0.15, 0.2) is 0 Å². The maximum atomic E-state index is 12.2. The van der Waals surface area contributed by atoms with E-state index in [-0.39, 0.29) is 17.6 Å². The van der Waals surface area contributed by atoms with Gasteiger partial charge in [-0.3, -0.25) is 9.69 Å². The average Bonchev–Trinajstić information content (AvgIpc) is 2.59. The Balaban J connectivity index is 1.90. The number of amides is 1. The number of ether oxygens (including phenoxy) is 1. The lowest BCUT2D eigenvalue weighted by Crippen LogP contribution is -2.58. The third-order valence-corrected chi connectivity index (χ3v) is 5.44. The zero-order valence-corrected chi connectivity index (χ0v) is 14.1. The summed E-state index contributed by atoms with van der Waals surface area (Å²) in [6.45, 7) is 3.56. The van der Waals surface area contributed by atoms with Crippen LogP contribution in [0.1, 0.15) is 57.8 Å². The fraction of sp³-hybridized carbons (Fsp3) is 0.941. The monoisotopic (exact) mass is 311 g/mol. The van der Waals surface area contributed by atoms with Crippen molar-refractivity contribution >= 4 is 5.91 Å². The summed E-state index contributed by atoms with van der Waals surface area (Å²) < 4.78 is 5.21. The van der Waals surface area contributed by atoms with Crippen LogP contribution in [0.5, 0.6) is 0 Å². The third-order valence-electron chi connectivity index (χ3n) is 5.44. The van der Waals surface area contributed by atoms with Crippen LogP contribution in [0.4, 0.5) is 0 Å². The number of nitrogens with zero attached hydrogens (tertiary/aromatic N) is 1. The van der Waals surface area contributed by atoms with Crippen molar-refractivity contribution in [2.24, 2.45) is 5.73 Å². The Morgan fingerprint density at radius 2 is 1.82 bits per heavy atom. The number of likely N-dealkylation sites (tertiary alicyclic amines) is 1. The fourth-order valence-electron chi connectivity index (χ4n) is 3.99. The van der Waals surface area contributed by atoms with Crippen molar-refractivity contribution in [3.63, 3.8) is 0 Å². The molecule has 0 bridgehead atoms. The molecular formula is C17H33N3O2. The Kier molecular flexibility index (Phi) is 7.12. The Hall–Kier alpha value is -0.650. The van der Waals surface area contributed by atoms with E-state index in [4.69, 9.17) is 10.5 Å². The second-order valence-electron chi connectivity index (χ2n) is 6.91. The van der Waals surface area contributed by atoms with Crippen LogP contribution >= 0.6 is 0 Å². The van der Waals surface area contributed by atoms with Gasteiger partial charge in [0, 0.05) is 25.7 Å². The van der Waals surface area contributed by atoms with Crippen LogP contribution in [0, 0.1) is 0 Å². The molecule has 2 fully saturated rings. The molecule has 2 rings (SSSR count). The normalized spacial score (nSPS) is 23.9. The van der Waals surface area contributed by atoms with E-state index in [1.165, 1.54) is 64.5 Å². The first kappa shape index (κ1) is 17.7. The van der Waals surface area contributed by atoms with Crippen LogP contribution in [0.2, 0.25) is 0 Å². The molecule has 5 nitrogen and oxygen atoms in total. The molecule has 0 aromatic rings. The molecule has 0 radical (unpaired) electrons. The summed E-state index contributed by atoms with van der Waals surface area (Å²) in [5, 5.41) is 3.17. The van der Waals surface area contributed by atoms with Crippen molar-refractivity contribution in [3.05, 3.63) is 0 Å². The van der Waals surface area contributed by atoms with Crippen LogP contribution in [-0.4, -0.2) is 55.7 Å². The van der Waals surface area contributed by atoms with Gasteiger partial charge in [0.05, 0.1) is 12.5 Å². The molecule has 0 aromatic heterocycles. The number of hydrogen-bond donors (Lipinski definition) is 2. The van der Waals surface area contributed by atoms with E-state index in [9.17, 15) is 4.79 Å². The van der Waals surface area contributed by atoms with E-state index in [1.54, 1.807) is 7.11 Å². The zero-order valence-electron chi connectivity index (χ0n) is 14.1. The van der Waals surface area contributed by atoms with E-state index in [2.05, 4.69) is 10.2 Å². The second kappa shape index (κ2) is 8.85. The lowest BCUT2D eigenvalue weighted by atomic mass is 9.79. The molecule has 5 heteroatoms. The van der Waals surface area contributed by atoms with Gasteiger partial charge in [0.25, 0.3) is 0 Å². The number of hydrogen-bond acceptors (Lipinski definition) is 4. The van der Waals surface area contributed by atoms with Crippen molar-refractivity contribution in [3.8, 4) is 0 Å². The second-order valence-corrected chi connectivity index (χ2v) is 6.91. The highest BCUT2D eigenvalue weighted by atomic mass is 16.5. The van der Waals surface area contributed by atoms with E-state index in [0.29, 0.717) is 13.0 Å². The summed E-state index contributed by atoms with van der Waals surface area (Å²) in [6, 6.07) is 0. The SMILES string of the molecule is COC(CN)CC(=O)NCC1(N2CCCCC2)CCCCC1. The third kappa shape index (κ3) is 4.67. The quantitative estimate of drug-likeness (QED) is 0.750. The Morgan fingerprint density at radius 1 is 1.18 bits per heavy atom. The Morgan fingerprint density at radius 3 is 2.41 bits per heavy atom. The van der Waals surface area contributed by atoms with Crippen molar-refractivity contribution in [1.82, 2.24) is 10.2 Å². The molecular weight excluding hydrogens is 278 g/mol.